The Kier molecular flexibility index (Phi) is 6.99. The summed E-state index contributed by atoms with van der Waals surface area (Å²) < 4.78 is 19.1. The molecule has 0 spiro atoms. The lowest BCUT2D eigenvalue weighted by Crippen LogP contribution is -2.43. The number of ether oxygens (including phenoxy) is 1. The molecule has 7 heteroatoms. The predicted octanol–water partition coefficient (Wildman–Crippen LogP) is 3.90. The highest BCUT2D eigenvalue weighted by molar-refractivity contribution is 6.06. The summed E-state index contributed by atoms with van der Waals surface area (Å²) in [6, 6.07) is 15.3. The van der Waals surface area contributed by atoms with E-state index in [1.54, 1.807) is 23.1 Å². The van der Waals surface area contributed by atoms with Crippen molar-refractivity contribution < 1.29 is 18.7 Å². The second-order valence-electron chi connectivity index (χ2n) is 8.72. The number of amides is 2. The van der Waals surface area contributed by atoms with Gasteiger partial charge in [0, 0.05) is 18.5 Å². The van der Waals surface area contributed by atoms with Crippen molar-refractivity contribution in [1.29, 1.82) is 0 Å². The van der Waals surface area contributed by atoms with Crippen LogP contribution in [0.4, 0.5) is 4.39 Å². The largest absolute Gasteiger partial charge is 0.368 e. The summed E-state index contributed by atoms with van der Waals surface area (Å²) >= 11 is 0. The van der Waals surface area contributed by atoms with Crippen molar-refractivity contribution in [3.8, 4) is 0 Å². The Morgan fingerprint density at radius 3 is 2.70 bits per heavy atom. The molecule has 1 fully saturated rings. The van der Waals surface area contributed by atoms with Gasteiger partial charge in [-0.25, -0.2) is 9.37 Å². The Bertz CT molecular complexity index is 1150. The molecule has 0 radical (unpaired) electrons. The van der Waals surface area contributed by atoms with Crippen LogP contribution < -0.4 is 5.32 Å². The molecule has 1 atom stereocenters. The third-order valence-electron chi connectivity index (χ3n) is 5.67. The summed E-state index contributed by atoms with van der Waals surface area (Å²) in [5.41, 5.74) is 2.65. The third-order valence-corrected chi connectivity index (χ3v) is 5.67. The molecular formula is C26H28FN3O3. The van der Waals surface area contributed by atoms with Gasteiger partial charge in [0.1, 0.15) is 11.9 Å². The van der Waals surface area contributed by atoms with Crippen LogP contribution in [-0.2, 0) is 16.0 Å². The van der Waals surface area contributed by atoms with Gasteiger partial charge >= 0.3 is 0 Å². The molecule has 172 valence electrons. The van der Waals surface area contributed by atoms with Gasteiger partial charge in [0.05, 0.1) is 36.3 Å². The number of nitrogens with zero attached hydrogens (tertiary/aromatic N) is 2. The number of nitrogens with one attached hydrogen (secondary N) is 1. The Labute approximate surface area is 192 Å². The number of rotatable bonds is 6. The molecule has 6 nitrogen and oxygen atoms in total. The number of hydrogen-bond donors (Lipinski definition) is 1. The fraction of sp³-hybridized carbons (Fsp3) is 0.346. The highest BCUT2D eigenvalue weighted by Gasteiger charge is 2.27. The quantitative estimate of drug-likeness (QED) is 0.620. The second kappa shape index (κ2) is 10.1. The van der Waals surface area contributed by atoms with Crippen molar-refractivity contribution in [2.24, 2.45) is 5.92 Å². The zero-order chi connectivity index (χ0) is 23.4. The monoisotopic (exact) mass is 449 g/mol. The molecule has 0 bridgehead atoms. The molecule has 2 aromatic carbocycles. The lowest BCUT2D eigenvalue weighted by atomic mass is 10.0. The van der Waals surface area contributed by atoms with E-state index in [0.717, 1.165) is 10.9 Å². The lowest BCUT2D eigenvalue weighted by molar-refractivity contribution is -0.138. The first-order chi connectivity index (χ1) is 15.9. The first kappa shape index (κ1) is 22.9. The maximum atomic E-state index is 13.2. The Morgan fingerprint density at radius 2 is 1.94 bits per heavy atom. The van der Waals surface area contributed by atoms with Crippen molar-refractivity contribution in [2.45, 2.75) is 26.4 Å². The van der Waals surface area contributed by atoms with Gasteiger partial charge in [0.15, 0.2) is 0 Å². The van der Waals surface area contributed by atoms with Crippen LogP contribution in [0.15, 0.2) is 54.6 Å². The molecule has 1 aliphatic heterocycles. The van der Waals surface area contributed by atoms with Crippen LogP contribution in [0.2, 0.25) is 0 Å². The minimum atomic E-state index is -0.433. The Balaban J connectivity index is 1.55. The number of hydrogen-bond acceptors (Lipinski definition) is 4. The molecule has 2 heterocycles. The fourth-order valence-electron chi connectivity index (χ4n) is 3.88. The SMILES string of the molecule is CC(C)CNC(=O)c1cc([C@H]2CN(C(=O)Cc3ccc(F)cc3)CCO2)nc2ccccc12. The third kappa shape index (κ3) is 5.54. The molecular weight excluding hydrogens is 421 g/mol. The summed E-state index contributed by atoms with van der Waals surface area (Å²) in [5.74, 6) is -0.189. The zero-order valence-electron chi connectivity index (χ0n) is 18.9. The van der Waals surface area contributed by atoms with E-state index in [1.807, 2.05) is 38.1 Å². The summed E-state index contributed by atoms with van der Waals surface area (Å²) in [6.45, 7) is 5.87. The van der Waals surface area contributed by atoms with Crippen molar-refractivity contribution >= 4 is 22.7 Å². The molecule has 2 amide bonds. The topological polar surface area (TPSA) is 71.5 Å². The first-order valence-corrected chi connectivity index (χ1v) is 11.2. The number of carbonyl (C=O) groups is 2. The number of pyridine rings is 1. The van der Waals surface area contributed by atoms with E-state index in [9.17, 15) is 14.0 Å². The van der Waals surface area contributed by atoms with Crippen LogP contribution in [0.25, 0.3) is 10.9 Å². The van der Waals surface area contributed by atoms with Gasteiger partial charge in [-0.15, -0.1) is 0 Å². The summed E-state index contributed by atoms with van der Waals surface area (Å²) in [4.78, 5) is 32.3. The van der Waals surface area contributed by atoms with Crippen molar-refractivity contribution in [2.75, 3.05) is 26.2 Å². The van der Waals surface area contributed by atoms with E-state index in [1.165, 1.54) is 12.1 Å². The maximum Gasteiger partial charge on any atom is 0.252 e. The van der Waals surface area contributed by atoms with Gasteiger partial charge in [0.25, 0.3) is 5.91 Å². The highest BCUT2D eigenvalue weighted by Crippen LogP contribution is 2.26. The van der Waals surface area contributed by atoms with Crippen molar-refractivity contribution in [3.63, 3.8) is 0 Å². The van der Waals surface area contributed by atoms with Crippen LogP contribution in [-0.4, -0.2) is 47.9 Å². The minimum absolute atomic E-state index is 0.0504. The van der Waals surface area contributed by atoms with Crippen LogP contribution in [0.3, 0.4) is 0 Å². The van der Waals surface area contributed by atoms with E-state index in [4.69, 9.17) is 9.72 Å². The number of aromatic nitrogens is 1. The van der Waals surface area contributed by atoms with E-state index in [-0.39, 0.29) is 24.1 Å². The fourth-order valence-corrected chi connectivity index (χ4v) is 3.88. The van der Waals surface area contributed by atoms with E-state index in [2.05, 4.69) is 5.32 Å². The molecule has 0 unspecified atom stereocenters. The van der Waals surface area contributed by atoms with Crippen LogP contribution in [0.1, 0.15) is 41.6 Å². The predicted molar refractivity (Wildman–Crippen MR) is 124 cm³/mol. The summed E-state index contributed by atoms with van der Waals surface area (Å²) in [5, 5.41) is 3.76. The molecule has 4 rings (SSSR count). The van der Waals surface area contributed by atoms with E-state index in [0.29, 0.717) is 48.9 Å². The van der Waals surface area contributed by atoms with Gasteiger partial charge < -0.3 is 15.0 Å². The lowest BCUT2D eigenvalue weighted by Gasteiger charge is -2.33. The summed E-state index contributed by atoms with van der Waals surface area (Å²) in [7, 11) is 0. The van der Waals surface area contributed by atoms with Gasteiger partial charge in [-0.05, 0) is 35.7 Å². The molecule has 33 heavy (non-hydrogen) atoms. The van der Waals surface area contributed by atoms with Gasteiger partial charge in [-0.1, -0.05) is 44.2 Å². The molecule has 1 aliphatic rings. The molecule has 3 aromatic rings. The van der Waals surface area contributed by atoms with Crippen LogP contribution >= 0.6 is 0 Å². The standard InChI is InChI=1S/C26H28FN3O3/c1-17(2)15-28-26(32)21-14-23(29-22-6-4-3-5-20(21)22)24-16-30(11-12-33-24)25(31)13-18-7-9-19(27)10-8-18/h3-10,14,17,24H,11-13,15-16H2,1-2H3,(H,28,32)/t24-/m1/s1. The van der Waals surface area contributed by atoms with E-state index < -0.39 is 6.10 Å². The van der Waals surface area contributed by atoms with Gasteiger partial charge in [-0.3, -0.25) is 9.59 Å². The summed E-state index contributed by atoms with van der Waals surface area (Å²) in [6.07, 6.45) is -0.238. The van der Waals surface area contributed by atoms with Crippen molar-refractivity contribution in [1.82, 2.24) is 15.2 Å². The first-order valence-electron chi connectivity index (χ1n) is 11.2. The Morgan fingerprint density at radius 1 is 1.18 bits per heavy atom. The molecule has 0 saturated carbocycles. The molecule has 1 saturated heterocycles. The smallest absolute Gasteiger partial charge is 0.252 e. The van der Waals surface area contributed by atoms with Gasteiger partial charge in [0.2, 0.25) is 5.91 Å². The average Bonchev–Trinajstić information content (AvgIpc) is 2.83. The van der Waals surface area contributed by atoms with Crippen LogP contribution in [0.5, 0.6) is 0 Å². The number of morpholine rings is 1. The zero-order valence-corrected chi connectivity index (χ0v) is 18.9. The number of carbonyl (C=O) groups excluding carboxylic acids is 2. The maximum absolute atomic E-state index is 13.2. The van der Waals surface area contributed by atoms with Crippen molar-refractivity contribution in [3.05, 3.63) is 77.2 Å². The second-order valence-corrected chi connectivity index (χ2v) is 8.72. The highest BCUT2D eigenvalue weighted by atomic mass is 19.1. The molecule has 0 aliphatic carbocycles. The number of benzene rings is 2. The normalized spacial score (nSPS) is 16.2. The molecule has 1 N–H and O–H groups in total. The minimum Gasteiger partial charge on any atom is -0.368 e. The van der Waals surface area contributed by atoms with Gasteiger partial charge in [-0.2, -0.15) is 0 Å². The Hall–Kier alpha value is -3.32. The van der Waals surface area contributed by atoms with E-state index >= 15 is 0 Å². The average molecular weight is 450 g/mol. The number of fused-ring (bicyclic) bond motifs is 1. The number of para-hydroxylation sites is 1. The molecule has 1 aromatic heterocycles. The number of halogens is 1. The van der Waals surface area contributed by atoms with Crippen LogP contribution in [0, 0.1) is 11.7 Å².